The first-order chi connectivity index (χ1) is 14.2. The van der Waals surface area contributed by atoms with Gasteiger partial charge in [-0.2, -0.15) is 0 Å². The predicted molar refractivity (Wildman–Crippen MR) is 123 cm³/mol. The number of carbonyl (C=O) groups excluding carboxylic acids is 2. The third kappa shape index (κ3) is 3.55. The van der Waals surface area contributed by atoms with Crippen LogP contribution in [0, 0.1) is 46.3 Å². The van der Waals surface area contributed by atoms with Crippen molar-refractivity contribution in [2.75, 3.05) is 0 Å². The molecule has 0 aromatic heterocycles. The van der Waals surface area contributed by atoms with Crippen molar-refractivity contribution in [2.24, 2.45) is 46.3 Å². The van der Waals surface area contributed by atoms with Crippen LogP contribution in [0.25, 0.3) is 0 Å². The normalized spacial score (nSPS) is 42.8. The second kappa shape index (κ2) is 8.21. The molecule has 0 spiro atoms. The first kappa shape index (κ1) is 22.3. The Morgan fingerprint density at radius 2 is 1.80 bits per heavy atom. The molecule has 2 heteroatoms. The van der Waals surface area contributed by atoms with Crippen molar-refractivity contribution in [1.29, 1.82) is 0 Å². The Hall–Kier alpha value is -0.920. The van der Waals surface area contributed by atoms with Crippen LogP contribution >= 0.6 is 0 Å². The van der Waals surface area contributed by atoms with Crippen LogP contribution in [-0.4, -0.2) is 11.6 Å². The number of carbonyl (C=O) groups is 2. The Morgan fingerprint density at radius 1 is 1.03 bits per heavy atom. The molecule has 0 N–H and O–H groups in total. The zero-order valence-corrected chi connectivity index (χ0v) is 20.1. The number of hydrogen-bond donors (Lipinski definition) is 0. The summed E-state index contributed by atoms with van der Waals surface area (Å²) < 4.78 is 0. The van der Waals surface area contributed by atoms with E-state index in [1.165, 1.54) is 51.4 Å². The standard InChI is InChI=1S/C28H44O2/c1-6-18(2)8-7-9-19(3)22-10-11-23-21-17-26(30)25-16-20(29)12-14-28(25,5)24(21)13-15-27(22,23)4/h16,18-19,21-24H,6-15,17H2,1-5H3/t18?,19-,21+,22-,23+,24+,27-,28-/m1/s1. The Labute approximate surface area is 184 Å². The molecule has 8 atom stereocenters. The lowest BCUT2D eigenvalue weighted by atomic mass is 9.46. The maximum absolute atomic E-state index is 13.2. The van der Waals surface area contributed by atoms with Gasteiger partial charge in [0.2, 0.25) is 0 Å². The van der Waals surface area contributed by atoms with E-state index in [1.807, 2.05) is 0 Å². The van der Waals surface area contributed by atoms with Gasteiger partial charge >= 0.3 is 0 Å². The van der Waals surface area contributed by atoms with Gasteiger partial charge in [-0.05, 0) is 84.5 Å². The maximum atomic E-state index is 13.2. The van der Waals surface area contributed by atoms with E-state index in [2.05, 4.69) is 34.6 Å². The molecule has 0 radical (unpaired) electrons. The molecule has 4 aliphatic rings. The molecule has 4 aliphatic carbocycles. The molecule has 1 unspecified atom stereocenters. The lowest BCUT2D eigenvalue weighted by molar-refractivity contribution is -0.131. The Bertz CT molecular complexity index is 720. The predicted octanol–water partition coefficient (Wildman–Crippen LogP) is 7.17. The van der Waals surface area contributed by atoms with Crippen molar-refractivity contribution in [3.63, 3.8) is 0 Å². The zero-order chi connectivity index (χ0) is 21.7. The highest BCUT2D eigenvalue weighted by molar-refractivity contribution is 6.05. The molecule has 0 aromatic rings. The topological polar surface area (TPSA) is 34.1 Å². The monoisotopic (exact) mass is 412 g/mol. The molecule has 0 aromatic carbocycles. The third-order valence-corrected chi connectivity index (χ3v) is 10.6. The summed E-state index contributed by atoms with van der Waals surface area (Å²) in [5, 5.41) is 0. The molecular weight excluding hydrogens is 368 g/mol. The van der Waals surface area contributed by atoms with Gasteiger partial charge in [0.15, 0.2) is 11.6 Å². The molecular formula is C28H44O2. The first-order valence-corrected chi connectivity index (χ1v) is 13.0. The lowest BCUT2D eigenvalue weighted by Crippen LogP contribution is -2.53. The molecule has 0 heterocycles. The molecule has 3 saturated carbocycles. The van der Waals surface area contributed by atoms with E-state index in [0.29, 0.717) is 41.8 Å². The Balaban J connectivity index is 1.50. The van der Waals surface area contributed by atoms with Crippen molar-refractivity contribution < 1.29 is 9.59 Å². The zero-order valence-electron chi connectivity index (χ0n) is 20.1. The van der Waals surface area contributed by atoms with Gasteiger partial charge in [-0.15, -0.1) is 0 Å². The van der Waals surface area contributed by atoms with Crippen molar-refractivity contribution in [3.8, 4) is 0 Å². The molecule has 4 rings (SSSR count). The summed E-state index contributed by atoms with van der Waals surface area (Å²) in [5.41, 5.74) is 1.26. The average Bonchev–Trinajstić information content (AvgIpc) is 3.06. The molecule has 0 bridgehead atoms. The van der Waals surface area contributed by atoms with Crippen LogP contribution in [0.5, 0.6) is 0 Å². The summed E-state index contributed by atoms with van der Waals surface area (Å²) in [5.74, 6) is 4.81. The Morgan fingerprint density at radius 3 is 2.53 bits per heavy atom. The van der Waals surface area contributed by atoms with E-state index < -0.39 is 0 Å². The summed E-state index contributed by atoms with van der Waals surface area (Å²) in [7, 11) is 0. The third-order valence-electron chi connectivity index (χ3n) is 10.6. The summed E-state index contributed by atoms with van der Waals surface area (Å²) >= 11 is 0. The second-order valence-electron chi connectivity index (χ2n) is 12.1. The molecule has 0 amide bonds. The van der Waals surface area contributed by atoms with Gasteiger partial charge in [0.05, 0.1) is 0 Å². The highest BCUT2D eigenvalue weighted by Gasteiger charge is 2.60. The number of ketones is 2. The molecule has 168 valence electrons. The molecule has 30 heavy (non-hydrogen) atoms. The van der Waals surface area contributed by atoms with E-state index >= 15 is 0 Å². The summed E-state index contributed by atoms with van der Waals surface area (Å²) in [6.07, 6.45) is 14.6. The fourth-order valence-electron chi connectivity index (χ4n) is 8.56. The van der Waals surface area contributed by atoms with Crippen LogP contribution in [0.15, 0.2) is 11.6 Å². The van der Waals surface area contributed by atoms with Crippen molar-refractivity contribution in [2.45, 2.75) is 105 Å². The highest BCUT2D eigenvalue weighted by atomic mass is 16.1. The SMILES string of the molecule is CCC(C)CCC[C@@H](C)[C@H]1CC[C@H]2[C@@H]3CC(=O)C4=CC(=O)CC[C@]4(C)[C@H]3CC[C@]12C. The van der Waals surface area contributed by atoms with E-state index in [1.54, 1.807) is 6.08 Å². The first-order valence-electron chi connectivity index (χ1n) is 13.0. The summed E-state index contributed by atoms with van der Waals surface area (Å²) in [6.45, 7) is 12.1. The highest BCUT2D eigenvalue weighted by Crippen LogP contribution is 2.67. The summed E-state index contributed by atoms with van der Waals surface area (Å²) in [6, 6.07) is 0. The van der Waals surface area contributed by atoms with E-state index in [0.717, 1.165) is 29.7 Å². The summed E-state index contributed by atoms with van der Waals surface area (Å²) in [4.78, 5) is 25.2. The van der Waals surface area contributed by atoms with E-state index in [4.69, 9.17) is 0 Å². The average molecular weight is 413 g/mol. The van der Waals surface area contributed by atoms with Gasteiger partial charge in [0.1, 0.15) is 0 Å². The van der Waals surface area contributed by atoms with Crippen molar-refractivity contribution in [3.05, 3.63) is 11.6 Å². The quantitative estimate of drug-likeness (QED) is 0.463. The van der Waals surface area contributed by atoms with Crippen LogP contribution in [-0.2, 0) is 9.59 Å². The molecule has 0 saturated heterocycles. The van der Waals surface area contributed by atoms with Gasteiger partial charge in [-0.25, -0.2) is 0 Å². The van der Waals surface area contributed by atoms with Gasteiger partial charge in [-0.3, -0.25) is 9.59 Å². The minimum atomic E-state index is -0.0464. The van der Waals surface area contributed by atoms with Crippen LogP contribution in [0.3, 0.4) is 0 Å². The van der Waals surface area contributed by atoms with Gasteiger partial charge in [0, 0.05) is 18.4 Å². The number of fused-ring (bicyclic) bond motifs is 5. The van der Waals surface area contributed by atoms with Crippen molar-refractivity contribution in [1.82, 2.24) is 0 Å². The van der Waals surface area contributed by atoms with Gasteiger partial charge in [0.25, 0.3) is 0 Å². The molecule has 0 aliphatic heterocycles. The maximum Gasteiger partial charge on any atom is 0.159 e. The fourth-order valence-corrected chi connectivity index (χ4v) is 8.56. The number of Topliss-reactive ketones (excluding diaryl/α,β-unsaturated/α-hetero) is 1. The van der Waals surface area contributed by atoms with Crippen LogP contribution in [0.1, 0.15) is 105 Å². The van der Waals surface area contributed by atoms with Crippen LogP contribution in [0.2, 0.25) is 0 Å². The van der Waals surface area contributed by atoms with Crippen LogP contribution in [0.4, 0.5) is 0 Å². The smallest absolute Gasteiger partial charge is 0.159 e. The van der Waals surface area contributed by atoms with Gasteiger partial charge < -0.3 is 0 Å². The number of rotatable bonds is 6. The lowest BCUT2D eigenvalue weighted by Gasteiger charge is -2.57. The number of allylic oxidation sites excluding steroid dienone is 1. The van der Waals surface area contributed by atoms with E-state index in [9.17, 15) is 9.59 Å². The number of hydrogen-bond acceptors (Lipinski definition) is 2. The Kier molecular flexibility index (Phi) is 6.10. The largest absolute Gasteiger partial charge is 0.295 e. The molecule has 2 nitrogen and oxygen atoms in total. The van der Waals surface area contributed by atoms with E-state index in [-0.39, 0.29) is 11.2 Å². The minimum Gasteiger partial charge on any atom is -0.295 e. The fraction of sp³-hybridized carbons (Fsp3) is 0.857. The van der Waals surface area contributed by atoms with Gasteiger partial charge in [-0.1, -0.05) is 60.3 Å². The minimum absolute atomic E-state index is 0.0464. The second-order valence-corrected chi connectivity index (χ2v) is 12.1. The van der Waals surface area contributed by atoms with Crippen molar-refractivity contribution >= 4 is 11.6 Å². The molecule has 3 fully saturated rings. The van der Waals surface area contributed by atoms with Crippen LogP contribution < -0.4 is 0 Å².